The fraction of sp³-hybridized carbons (Fsp3) is 0.160. The molecular weight excluding hydrogens is 408 g/mol. The number of hydrogen-bond acceptors (Lipinski definition) is 5. The molecule has 3 aromatic carbocycles. The Hall–Kier alpha value is -4.13. The van der Waals surface area contributed by atoms with E-state index in [0.717, 1.165) is 16.0 Å². The number of amides is 3. The van der Waals surface area contributed by atoms with Crippen molar-refractivity contribution in [3.63, 3.8) is 0 Å². The molecule has 0 saturated heterocycles. The first-order chi connectivity index (χ1) is 15.5. The quantitative estimate of drug-likeness (QED) is 0.582. The number of carbonyl (C=O) groups excluding carboxylic acids is 3. The molecule has 0 bridgehead atoms. The lowest BCUT2D eigenvalue weighted by molar-refractivity contribution is -0.121. The zero-order valence-electron chi connectivity index (χ0n) is 17.7. The number of ether oxygens (including phenoxy) is 2. The van der Waals surface area contributed by atoms with Gasteiger partial charge in [0, 0.05) is 0 Å². The van der Waals surface area contributed by atoms with Gasteiger partial charge < -0.3 is 14.8 Å². The molecule has 0 spiro atoms. The summed E-state index contributed by atoms with van der Waals surface area (Å²) in [6, 6.07) is 20.7. The number of nitrogens with zero attached hydrogens (tertiary/aromatic N) is 1. The standard InChI is InChI=1S/C25H22N2O5/c1-31-18-11-7-16(8-12-18)23(17-9-13-19(32-2)14-10-17)26-22(28)15-27-24(29)20-5-3-4-6-21(20)25(27)30/h3-14,23H,15H2,1-2H3,(H,26,28). The molecule has 4 rings (SSSR count). The Labute approximate surface area is 185 Å². The van der Waals surface area contributed by atoms with Crippen molar-refractivity contribution in [3.05, 3.63) is 95.1 Å². The van der Waals surface area contributed by atoms with Crippen LogP contribution in [0.2, 0.25) is 0 Å². The van der Waals surface area contributed by atoms with Crippen molar-refractivity contribution in [3.8, 4) is 11.5 Å². The van der Waals surface area contributed by atoms with Gasteiger partial charge in [-0.3, -0.25) is 19.3 Å². The van der Waals surface area contributed by atoms with Crippen molar-refractivity contribution in [1.82, 2.24) is 10.2 Å². The molecular formula is C25H22N2O5. The second kappa shape index (κ2) is 8.93. The van der Waals surface area contributed by atoms with Crippen LogP contribution in [-0.4, -0.2) is 43.4 Å². The molecule has 0 radical (unpaired) electrons. The number of nitrogens with one attached hydrogen (secondary N) is 1. The van der Waals surface area contributed by atoms with Crippen LogP contribution in [0.15, 0.2) is 72.8 Å². The number of fused-ring (bicyclic) bond motifs is 1. The van der Waals surface area contributed by atoms with Crippen molar-refractivity contribution in [1.29, 1.82) is 0 Å². The van der Waals surface area contributed by atoms with Gasteiger partial charge in [-0.25, -0.2) is 0 Å². The summed E-state index contributed by atoms with van der Waals surface area (Å²) in [4.78, 5) is 39.1. The molecule has 1 aliphatic heterocycles. The molecule has 32 heavy (non-hydrogen) atoms. The Bertz CT molecular complexity index is 1070. The number of carbonyl (C=O) groups is 3. The largest absolute Gasteiger partial charge is 0.497 e. The van der Waals surface area contributed by atoms with Crippen LogP contribution in [0.25, 0.3) is 0 Å². The van der Waals surface area contributed by atoms with E-state index in [1.165, 1.54) is 0 Å². The normalized spacial score (nSPS) is 12.7. The van der Waals surface area contributed by atoms with Crippen molar-refractivity contribution in [2.45, 2.75) is 6.04 Å². The molecule has 0 atom stereocenters. The fourth-order valence-electron chi connectivity index (χ4n) is 3.68. The molecule has 0 fully saturated rings. The highest BCUT2D eigenvalue weighted by molar-refractivity contribution is 6.22. The van der Waals surface area contributed by atoms with Crippen LogP contribution in [0.3, 0.4) is 0 Å². The highest BCUT2D eigenvalue weighted by Gasteiger charge is 2.36. The highest BCUT2D eigenvalue weighted by atomic mass is 16.5. The minimum Gasteiger partial charge on any atom is -0.497 e. The number of hydrogen-bond donors (Lipinski definition) is 1. The van der Waals surface area contributed by atoms with E-state index >= 15 is 0 Å². The number of methoxy groups -OCH3 is 2. The molecule has 1 heterocycles. The lowest BCUT2D eigenvalue weighted by Crippen LogP contribution is -2.41. The number of rotatable bonds is 7. The van der Waals surface area contributed by atoms with Gasteiger partial charge in [0.25, 0.3) is 11.8 Å². The smallest absolute Gasteiger partial charge is 0.262 e. The Morgan fingerprint density at radius 2 is 1.22 bits per heavy atom. The molecule has 0 aromatic heterocycles. The van der Waals surface area contributed by atoms with Gasteiger partial charge in [-0.15, -0.1) is 0 Å². The van der Waals surface area contributed by atoms with Crippen LogP contribution in [0.1, 0.15) is 37.9 Å². The summed E-state index contributed by atoms with van der Waals surface area (Å²) >= 11 is 0. The fourth-order valence-corrected chi connectivity index (χ4v) is 3.68. The molecule has 3 aromatic rings. The third kappa shape index (κ3) is 4.05. The van der Waals surface area contributed by atoms with Crippen LogP contribution >= 0.6 is 0 Å². The second-order valence-electron chi connectivity index (χ2n) is 7.29. The topological polar surface area (TPSA) is 84.9 Å². The third-order valence-electron chi connectivity index (χ3n) is 5.38. The van der Waals surface area contributed by atoms with Crippen LogP contribution < -0.4 is 14.8 Å². The van der Waals surface area contributed by atoms with Crippen LogP contribution in [-0.2, 0) is 4.79 Å². The van der Waals surface area contributed by atoms with E-state index in [2.05, 4.69) is 5.32 Å². The SMILES string of the molecule is COc1ccc(C(NC(=O)CN2C(=O)c3ccccc3C2=O)c2ccc(OC)cc2)cc1. The average molecular weight is 430 g/mol. The Morgan fingerprint density at radius 3 is 1.62 bits per heavy atom. The van der Waals surface area contributed by atoms with Gasteiger partial charge >= 0.3 is 0 Å². The van der Waals surface area contributed by atoms with E-state index in [9.17, 15) is 14.4 Å². The summed E-state index contributed by atoms with van der Waals surface area (Å²) in [5, 5.41) is 2.95. The number of imide groups is 1. The summed E-state index contributed by atoms with van der Waals surface area (Å²) in [5.74, 6) is 0.00713. The van der Waals surface area contributed by atoms with Gasteiger partial charge in [-0.05, 0) is 47.5 Å². The van der Waals surface area contributed by atoms with Gasteiger partial charge in [-0.1, -0.05) is 36.4 Å². The van der Waals surface area contributed by atoms with Crippen molar-refractivity contribution in [2.75, 3.05) is 20.8 Å². The van der Waals surface area contributed by atoms with Crippen molar-refractivity contribution in [2.24, 2.45) is 0 Å². The first-order valence-electron chi connectivity index (χ1n) is 10.0. The maximum absolute atomic E-state index is 12.9. The first kappa shape index (κ1) is 21.1. The molecule has 0 aliphatic carbocycles. The minimum absolute atomic E-state index is 0.312. The van der Waals surface area contributed by atoms with Crippen LogP contribution in [0.4, 0.5) is 0 Å². The molecule has 7 heteroatoms. The van der Waals surface area contributed by atoms with E-state index in [-0.39, 0.29) is 6.54 Å². The highest BCUT2D eigenvalue weighted by Crippen LogP contribution is 2.27. The summed E-state index contributed by atoms with van der Waals surface area (Å²) < 4.78 is 10.4. The maximum atomic E-state index is 12.9. The Balaban J connectivity index is 1.57. The molecule has 7 nitrogen and oxygen atoms in total. The molecule has 1 N–H and O–H groups in total. The lowest BCUT2D eigenvalue weighted by atomic mass is 9.98. The van der Waals surface area contributed by atoms with Gasteiger partial charge in [0.1, 0.15) is 18.0 Å². The summed E-state index contributed by atoms with van der Waals surface area (Å²) in [6.45, 7) is -0.366. The van der Waals surface area contributed by atoms with E-state index in [0.29, 0.717) is 22.6 Å². The molecule has 1 aliphatic rings. The second-order valence-corrected chi connectivity index (χ2v) is 7.29. The first-order valence-corrected chi connectivity index (χ1v) is 10.0. The molecule has 3 amide bonds. The summed E-state index contributed by atoms with van der Waals surface area (Å²) in [6.07, 6.45) is 0. The molecule has 0 saturated carbocycles. The van der Waals surface area contributed by atoms with E-state index in [4.69, 9.17) is 9.47 Å². The zero-order chi connectivity index (χ0) is 22.7. The Kier molecular flexibility index (Phi) is 5.89. The predicted molar refractivity (Wildman–Crippen MR) is 118 cm³/mol. The summed E-state index contributed by atoms with van der Waals surface area (Å²) in [5.41, 5.74) is 2.28. The van der Waals surface area contributed by atoms with Crippen molar-refractivity contribution < 1.29 is 23.9 Å². The van der Waals surface area contributed by atoms with E-state index in [1.807, 2.05) is 48.5 Å². The lowest BCUT2D eigenvalue weighted by Gasteiger charge is -2.22. The molecule has 0 unspecified atom stereocenters. The average Bonchev–Trinajstić information content (AvgIpc) is 3.08. The van der Waals surface area contributed by atoms with Crippen molar-refractivity contribution >= 4 is 17.7 Å². The predicted octanol–water partition coefficient (Wildman–Crippen LogP) is 3.21. The van der Waals surface area contributed by atoms with Gasteiger partial charge in [0.2, 0.25) is 5.91 Å². The van der Waals surface area contributed by atoms with Crippen LogP contribution in [0, 0.1) is 0 Å². The van der Waals surface area contributed by atoms with Gasteiger partial charge in [0.15, 0.2) is 0 Å². The van der Waals surface area contributed by atoms with Gasteiger partial charge in [0.05, 0.1) is 31.4 Å². The maximum Gasteiger partial charge on any atom is 0.262 e. The molecule has 162 valence electrons. The third-order valence-corrected chi connectivity index (χ3v) is 5.38. The van der Waals surface area contributed by atoms with Gasteiger partial charge in [-0.2, -0.15) is 0 Å². The summed E-state index contributed by atoms with van der Waals surface area (Å²) in [7, 11) is 3.17. The minimum atomic E-state index is -0.491. The van der Waals surface area contributed by atoms with E-state index < -0.39 is 23.8 Å². The van der Waals surface area contributed by atoms with Crippen LogP contribution in [0.5, 0.6) is 11.5 Å². The zero-order valence-corrected chi connectivity index (χ0v) is 17.7. The Morgan fingerprint density at radius 1 is 0.781 bits per heavy atom. The monoisotopic (exact) mass is 430 g/mol. The van der Waals surface area contributed by atoms with E-state index in [1.54, 1.807) is 38.5 Å². The number of benzene rings is 3.